The second kappa shape index (κ2) is 5.26. The van der Waals surface area contributed by atoms with Crippen molar-refractivity contribution in [1.29, 1.82) is 0 Å². The first-order valence-electron chi connectivity index (χ1n) is 6.13. The second-order valence-corrected chi connectivity index (χ2v) is 4.57. The molecule has 2 rings (SSSR count). The van der Waals surface area contributed by atoms with Crippen molar-refractivity contribution in [2.24, 2.45) is 0 Å². The number of benzene rings is 1. The van der Waals surface area contributed by atoms with E-state index < -0.39 is 12.1 Å². The van der Waals surface area contributed by atoms with Crippen molar-refractivity contribution in [3.63, 3.8) is 0 Å². The van der Waals surface area contributed by atoms with Crippen LogP contribution in [0.5, 0.6) is 5.75 Å². The first-order valence-corrected chi connectivity index (χ1v) is 6.13. The van der Waals surface area contributed by atoms with Crippen LogP contribution in [0.15, 0.2) is 24.4 Å². The van der Waals surface area contributed by atoms with E-state index in [1.54, 1.807) is 19.2 Å². The second-order valence-electron chi connectivity index (χ2n) is 4.57. The molecule has 0 N–H and O–H groups in total. The monoisotopic (exact) mass is 259 g/mol. The third-order valence-corrected chi connectivity index (χ3v) is 2.98. The Labute approximate surface area is 112 Å². The van der Waals surface area contributed by atoms with Gasteiger partial charge in [-0.2, -0.15) is 0 Å². The summed E-state index contributed by atoms with van der Waals surface area (Å²) in [6.07, 6.45) is 1.04. The Bertz CT molecular complexity index is 622. The smallest absolute Gasteiger partial charge is 0.346 e. The third kappa shape index (κ3) is 2.67. The number of esters is 1. The fourth-order valence-electron chi connectivity index (χ4n) is 2.10. The molecule has 0 fully saturated rings. The number of hydrogen-bond acceptors (Lipinski definition) is 4. The normalized spacial score (nSPS) is 12.2. The zero-order valence-electron chi connectivity index (χ0n) is 11.6. The molecule has 2 aromatic rings. The summed E-state index contributed by atoms with van der Waals surface area (Å²) >= 11 is 0. The molecule has 0 saturated heterocycles. The van der Waals surface area contributed by atoms with E-state index in [0.717, 1.165) is 22.0 Å². The van der Waals surface area contributed by atoms with Gasteiger partial charge in [0.2, 0.25) is 0 Å². The SMILES string of the molecule is COC(=O)[C@@H](C)Oc1ccnc2c(C)cc(C)cc12. The molecule has 4 heteroatoms. The lowest BCUT2D eigenvalue weighted by Crippen LogP contribution is -2.25. The number of nitrogens with zero attached hydrogens (tertiary/aromatic N) is 1. The Morgan fingerprint density at radius 3 is 2.74 bits per heavy atom. The molecule has 4 nitrogen and oxygen atoms in total. The van der Waals surface area contributed by atoms with E-state index in [4.69, 9.17) is 4.74 Å². The molecule has 19 heavy (non-hydrogen) atoms. The maximum absolute atomic E-state index is 11.4. The van der Waals surface area contributed by atoms with Gasteiger partial charge in [0.25, 0.3) is 0 Å². The van der Waals surface area contributed by atoms with Gasteiger partial charge in [-0.15, -0.1) is 0 Å². The van der Waals surface area contributed by atoms with Crippen molar-refractivity contribution in [2.45, 2.75) is 26.9 Å². The van der Waals surface area contributed by atoms with E-state index in [1.807, 2.05) is 19.9 Å². The molecule has 0 aliphatic heterocycles. The van der Waals surface area contributed by atoms with E-state index in [2.05, 4.69) is 15.8 Å². The summed E-state index contributed by atoms with van der Waals surface area (Å²) in [7, 11) is 1.35. The van der Waals surface area contributed by atoms with Gasteiger partial charge in [-0.1, -0.05) is 6.07 Å². The van der Waals surface area contributed by atoms with Gasteiger partial charge in [0.1, 0.15) is 5.75 Å². The molecule has 1 atom stereocenters. The van der Waals surface area contributed by atoms with Crippen molar-refractivity contribution in [3.8, 4) is 5.75 Å². The Balaban J connectivity index is 2.46. The molecule has 0 unspecified atom stereocenters. The fraction of sp³-hybridized carbons (Fsp3) is 0.333. The molecule has 100 valence electrons. The minimum atomic E-state index is -0.642. The number of aromatic nitrogens is 1. The van der Waals surface area contributed by atoms with Gasteiger partial charge in [-0.05, 0) is 44.0 Å². The summed E-state index contributed by atoms with van der Waals surface area (Å²) in [6.45, 7) is 5.70. The van der Waals surface area contributed by atoms with Crippen LogP contribution < -0.4 is 4.74 Å². The van der Waals surface area contributed by atoms with Gasteiger partial charge in [0, 0.05) is 11.6 Å². The highest BCUT2D eigenvalue weighted by Gasteiger charge is 2.16. The Morgan fingerprint density at radius 2 is 2.05 bits per heavy atom. The maximum atomic E-state index is 11.4. The molecular formula is C15H17NO3. The van der Waals surface area contributed by atoms with Crippen molar-refractivity contribution in [3.05, 3.63) is 35.5 Å². The van der Waals surface area contributed by atoms with Crippen molar-refractivity contribution in [1.82, 2.24) is 4.98 Å². The summed E-state index contributed by atoms with van der Waals surface area (Å²) in [5.74, 6) is 0.254. The number of carbonyl (C=O) groups excluding carboxylic acids is 1. The molecule has 0 aliphatic carbocycles. The first kappa shape index (κ1) is 13.3. The van der Waals surface area contributed by atoms with Crippen LogP contribution in [0.4, 0.5) is 0 Å². The van der Waals surface area contributed by atoms with Crippen LogP contribution in [0.1, 0.15) is 18.1 Å². The largest absolute Gasteiger partial charge is 0.478 e. The zero-order valence-corrected chi connectivity index (χ0v) is 11.6. The predicted molar refractivity (Wildman–Crippen MR) is 73.3 cm³/mol. The van der Waals surface area contributed by atoms with Crippen LogP contribution >= 0.6 is 0 Å². The number of hydrogen-bond donors (Lipinski definition) is 0. The summed E-state index contributed by atoms with van der Waals surface area (Å²) < 4.78 is 10.3. The van der Waals surface area contributed by atoms with Crippen LogP contribution in [-0.2, 0) is 9.53 Å². The van der Waals surface area contributed by atoms with Gasteiger partial charge >= 0.3 is 5.97 Å². The standard InChI is InChI=1S/C15H17NO3/c1-9-7-10(2)14-12(8-9)13(5-6-16-14)19-11(3)15(17)18-4/h5-8,11H,1-4H3/t11-/m1/s1. The Kier molecular flexibility index (Phi) is 3.69. The fourth-order valence-corrected chi connectivity index (χ4v) is 2.10. The minimum Gasteiger partial charge on any atom is -0.478 e. The number of rotatable bonds is 3. The van der Waals surface area contributed by atoms with Gasteiger partial charge in [0.15, 0.2) is 6.10 Å². The van der Waals surface area contributed by atoms with Crippen molar-refractivity contribution < 1.29 is 14.3 Å². The highest BCUT2D eigenvalue weighted by Crippen LogP contribution is 2.28. The highest BCUT2D eigenvalue weighted by molar-refractivity contribution is 5.88. The van der Waals surface area contributed by atoms with E-state index in [9.17, 15) is 4.79 Å². The van der Waals surface area contributed by atoms with Gasteiger partial charge < -0.3 is 9.47 Å². The summed E-state index contributed by atoms with van der Waals surface area (Å²) in [6, 6.07) is 5.85. The maximum Gasteiger partial charge on any atom is 0.346 e. The lowest BCUT2D eigenvalue weighted by molar-refractivity contribution is -0.147. The average Bonchev–Trinajstić information content (AvgIpc) is 2.38. The predicted octanol–water partition coefficient (Wildman–Crippen LogP) is 2.79. The molecule has 1 aromatic heterocycles. The molecular weight excluding hydrogens is 242 g/mol. The van der Waals surface area contributed by atoms with E-state index in [0.29, 0.717) is 5.75 Å². The third-order valence-electron chi connectivity index (χ3n) is 2.98. The number of ether oxygens (including phenoxy) is 2. The highest BCUT2D eigenvalue weighted by atomic mass is 16.6. The molecule has 0 spiro atoms. The van der Waals surface area contributed by atoms with E-state index in [-0.39, 0.29) is 0 Å². The number of pyridine rings is 1. The lowest BCUT2D eigenvalue weighted by Gasteiger charge is -2.15. The van der Waals surface area contributed by atoms with E-state index >= 15 is 0 Å². The summed E-state index contributed by atoms with van der Waals surface area (Å²) in [5.41, 5.74) is 3.11. The zero-order chi connectivity index (χ0) is 14.0. The van der Waals surface area contributed by atoms with E-state index in [1.165, 1.54) is 7.11 Å². The quantitative estimate of drug-likeness (QED) is 0.795. The minimum absolute atomic E-state index is 0.394. The van der Waals surface area contributed by atoms with Crippen molar-refractivity contribution >= 4 is 16.9 Å². The molecule has 0 amide bonds. The van der Waals surface area contributed by atoms with Crippen LogP contribution in [-0.4, -0.2) is 24.2 Å². The molecule has 0 bridgehead atoms. The topological polar surface area (TPSA) is 48.4 Å². The lowest BCUT2D eigenvalue weighted by atomic mass is 10.1. The number of methoxy groups -OCH3 is 1. The molecule has 0 aliphatic rings. The van der Waals surface area contributed by atoms with Gasteiger partial charge in [-0.3, -0.25) is 4.98 Å². The number of aryl methyl sites for hydroxylation is 2. The average molecular weight is 259 g/mol. The molecule has 0 saturated carbocycles. The number of carbonyl (C=O) groups is 1. The van der Waals surface area contributed by atoms with Crippen LogP contribution in [0.25, 0.3) is 10.9 Å². The molecule has 1 aromatic carbocycles. The van der Waals surface area contributed by atoms with Gasteiger partial charge in [0.05, 0.1) is 12.6 Å². The first-order chi connectivity index (χ1) is 9.02. The summed E-state index contributed by atoms with van der Waals surface area (Å²) in [5, 5.41) is 0.913. The summed E-state index contributed by atoms with van der Waals surface area (Å²) in [4.78, 5) is 15.8. The van der Waals surface area contributed by atoms with Crippen LogP contribution in [0.3, 0.4) is 0 Å². The number of fused-ring (bicyclic) bond motifs is 1. The van der Waals surface area contributed by atoms with Gasteiger partial charge in [-0.25, -0.2) is 4.79 Å². The van der Waals surface area contributed by atoms with Crippen LogP contribution in [0.2, 0.25) is 0 Å². The Hall–Kier alpha value is -2.10. The van der Waals surface area contributed by atoms with Crippen LogP contribution in [0, 0.1) is 13.8 Å². The van der Waals surface area contributed by atoms with Crippen molar-refractivity contribution in [2.75, 3.05) is 7.11 Å². The Morgan fingerprint density at radius 1 is 1.32 bits per heavy atom. The molecule has 0 radical (unpaired) electrons. The molecule has 1 heterocycles.